The second kappa shape index (κ2) is 16.3. The molecule has 3 aromatic carbocycles. The van der Waals surface area contributed by atoms with Gasteiger partial charge in [0.05, 0.1) is 11.1 Å². The molecule has 8 heteroatoms. The maximum atomic E-state index is 17.0. The Bertz CT molecular complexity index is 1790. The summed E-state index contributed by atoms with van der Waals surface area (Å²) >= 11 is 0. The van der Waals surface area contributed by atoms with Gasteiger partial charge in [0.15, 0.2) is 5.82 Å². The fourth-order valence-corrected chi connectivity index (χ4v) is 8.19. The molecule has 1 aromatic heterocycles. The molecular formula is C41H53F2N5O. The van der Waals surface area contributed by atoms with Crippen molar-refractivity contribution in [3.05, 3.63) is 59.2 Å². The van der Waals surface area contributed by atoms with Crippen molar-refractivity contribution < 1.29 is 13.5 Å². The summed E-state index contributed by atoms with van der Waals surface area (Å²) in [5, 5.41) is 5.58. The highest BCUT2D eigenvalue weighted by Gasteiger charge is 2.45. The van der Waals surface area contributed by atoms with Crippen LogP contribution in [0.1, 0.15) is 91.2 Å². The van der Waals surface area contributed by atoms with E-state index in [4.69, 9.17) is 21.1 Å². The number of aromatic nitrogens is 2. The number of hydrogen-bond donors (Lipinski definition) is 1. The number of piperazine rings is 1. The molecule has 3 saturated heterocycles. The van der Waals surface area contributed by atoms with Gasteiger partial charge in [0.25, 0.3) is 0 Å². The van der Waals surface area contributed by atoms with Crippen LogP contribution in [-0.4, -0.2) is 65.8 Å². The zero-order valence-corrected chi connectivity index (χ0v) is 30.3. The number of aryl methyl sites for hydroxylation is 1. The predicted molar refractivity (Wildman–Crippen MR) is 200 cm³/mol. The van der Waals surface area contributed by atoms with Crippen LogP contribution >= 0.6 is 0 Å². The van der Waals surface area contributed by atoms with Gasteiger partial charge >= 0.3 is 6.01 Å². The minimum absolute atomic E-state index is 0.0195. The summed E-state index contributed by atoms with van der Waals surface area (Å²) in [6.07, 6.45) is 13.1. The lowest BCUT2D eigenvalue weighted by Crippen LogP contribution is -2.52. The van der Waals surface area contributed by atoms with Crippen LogP contribution in [0.15, 0.2) is 36.4 Å². The van der Waals surface area contributed by atoms with Crippen molar-refractivity contribution in [3.63, 3.8) is 0 Å². The maximum absolute atomic E-state index is 17.0. The highest BCUT2D eigenvalue weighted by Crippen LogP contribution is 2.43. The van der Waals surface area contributed by atoms with E-state index in [1.165, 1.54) is 18.9 Å². The van der Waals surface area contributed by atoms with Crippen molar-refractivity contribution in [1.29, 1.82) is 0 Å². The van der Waals surface area contributed by atoms with Crippen molar-refractivity contribution in [2.75, 3.05) is 44.2 Å². The second-order valence-corrected chi connectivity index (χ2v) is 12.6. The third-order valence-electron chi connectivity index (χ3n) is 10.3. The van der Waals surface area contributed by atoms with E-state index in [2.05, 4.69) is 21.0 Å². The number of anilines is 1. The summed E-state index contributed by atoms with van der Waals surface area (Å²) < 4.78 is 38.3. The van der Waals surface area contributed by atoms with Crippen LogP contribution in [0.5, 0.6) is 6.01 Å². The monoisotopic (exact) mass is 669 g/mol. The van der Waals surface area contributed by atoms with Crippen LogP contribution in [-0.2, 0) is 6.42 Å². The Kier molecular flexibility index (Phi) is 12.1. The van der Waals surface area contributed by atoms with Gasteiger partial charge in [0.1, 0.15) is 23.8 Å². The normalized spacial score (nSPS) is 19.1. The van der Waals surface area contributed by atoms with Gasteiger partial charge in [-0.2, -0.15) is 9.97 Å². The van der Waals surface area contributed by atoms with Crippen LogP contribution in [0.4, 0.5) is 14.6 Å². The van der Waals surface area contributed by atoms with E-state index in [9.17, 15) is 4.39 Å². The Balaban J connectivity index is 0.000000742. The smallest absolute Gasteiger partial charge is 0.319 e. The Labute approximate surface area is 291 Å². The Hall–Kier alpha value is -3.80. The van der Waals surface area contributed by atoms with Gasteiger partial charge in [-0.3, -0.25) is 4.90 Å². The fraction of sp³-hybridized carbons (Fsp3) is 0.512. The highest BCUT2D eigenvalue weighted by molar-refractivity contribution is 6.04. The Morgan fingerprint density at radius 3 is 2.43 bits per heavy atom. The predicted octanol–water partition coefficient (Wildman–Crippen LogP) is 8.91. The first kappa shape index (κ1) is 36.5. The summed E-state index contributed by atoms with van der Waals surface area (Å²) in [6, 6.07) is 11.0. The molecule has 0 bridgehead atoms. The van der Waals surface area contributed by atoms with Crippen molar-refractivity contribution in [2.45, 2.75) is 98.1 Å². The molecular weight excluding hydrogens is 616 g/mol. The Morgan fingerprint density at radius 1 is 0.939 bits per heavy atom. The fourth-order valence-electron chi connectivity index (χ4n) is 8.19. The maximum Gasteiger partial charge on any atom is 0.319 e. The summed E-state index contributed by atoms with van der Waals surface area (Å²) in [7, 11) is 0. The molecule has 6 nitrogen and oxygen atoms in total. The molecule has 1 unspecified atom stereocenters. The minimum Gasteiger partial charge on any atom is -0.461 e. The van der Waals surface area contributed by atoms with Crippen molar-refractivity contribution in [1.82, 2.24) is 20.2 Å². The number of benzene rings is 3. The summed E-state index contributed by atoms with van der Waals surface area (Å²) in [4.78, 5) is 14.7. The molecule has 5 heterocycles. The molecule has 1 N–H and O–H groups in total. The summed E-state index contributed by atoms with van der Waals surface area (Å²) in [5.41, 5.74) is 2.36. The molecule has 262 valence electrons. The minimum atomic E-state index is -0.490. The van der Waals surface area contributed by atoms with Crippen LogP contribution in [0, 0.1) is 24.0 Å². The molecule has 0 aliphatic carbocycles. The van der Waals surface area contributed by atoms with Crippen molar-refractivity contribution in [3.8, 4) is 29.5 Å². The van der Waals surface area contributed by atoms with E-state index < -0.39 is 11.6 Å². The number of halogens is 2. The third-order valence-corrected chi connectivity index (χ3v) is 10.3. The summed E-state index contributed by atoms with van der Waals surface area (Å²) in [5.74, 6) is 2.32. The van der Waals surface area contributed by atoms with Gasteiger partial charge in [0.2, 0.25) is 0 Å². The molecule has 8 rings (SSSR count). The van der Waals surface area contributed by atoms with Gasteiger partial charge in [-0.15, -0.1) is 6.42 Å². The first-order chi connectivity index (χ1) is 24.1. The van der Waals surface area contributed by atoms with Crippen LogP contribution < -0.4 is 15.0 Å². The zero-order chi connectivity index (χ0) is 35.1. The molecule has 4 aromatic rings. The van der Waals surface area contributed by atoms with E-state index in [1.54, 1.807) is 6.07 Å². The molecule has 0 amide bonds. The van der Waals surface area contributed by atoms with E-state index in [-0.39, 0.29) is 28.7 Å². The molecule has 49 heavy (non-hydrogen) atoms. The van der Waals surface area contributed by atoms with E-state index >= 15 is 4.39 Å². The standard InChI is InChI=1S/C35H35F2N5O.3C2H6/c1-2-25-28(36)12-11-22-7-4-10-26(29(22)25)27-19-23-8-3-9-24-20-38-15-18-42(24)33-30(23)32(31(27)37)39-34(40-33)43-21-35-13-5-16-41(35)17-6-14-35;3*1-2/h1,4,7,10-12,19,24,38H,3,5-6,8-9,13-18,20-21H2;3*1-2H3. The lowest BCUT2D eigenvalue weighted by molar-refractivity contribution is 0.108. The lowest BCUT2D eigenvalue weighted by atomic mass is 9.89. The molecule has 0 radical (unpaired) electrons. The lowest BCUT2D eigenvalue weighted by Gasteiger charge is -2.39. The number of hydrogen-bond acceptors (Lipinski definition) is 6. The van der Waals surface area contributed by atoms with E-state index in [1.807, 2.05) is 65.8 Å². The van der Waals surface area contributed by atoms with Crippen molar-refractivity contribution in [2.24, 2.45) is 0 Å². The molecule has 0 saturated carbocycles. The summed E-state index contributed by atoms with van der Waals surface area (Å²) in [6.45, 7) is 17.2. The topological polar surface area (TPSA) is 53.5 Å². The quantitative estimate of drug-likeness (QED) is 0.219. The molecule has 0 spiro atoms. The van der Waals surface area contributed by atoms with E-state index in [0.717, 1.165) is 87.0 Å². The highest BCUT2D eigenvalue weighted by atomic mass is 19.1. The average molecular weight is 670 g/mol. The van der Waals surface area contributed by atoms with Gasteiger partial charge in [-0.1, -0.05) is 71.7 Å². The zero-order valence-electron chi connectivity index (χ0n) is 30.3. The molecule has 1 atom stereocenters. The molecule has 4 aliphatic rings. The number of rotatable bonds is 4. The van der Waals surface area contributed by atoms with Crippen LogP contribution in [0.3, 0.4) is 0 Å². The SMILES string of the molecule is C#Cc1c(F)ccc2cccc(-c3cc4c5c(nc(OCC67CCCN6CCC7)nc5c3F)N3CCNCC3CCC4)c12.CC.CC.CC. The third kappa shape index (κ3) is 6.72. The molecule has 4 aliphatic heterocycles. The number of fused-ring (bicyclic) bond motifs is 4. The number of nitrogens with zero attached hydrogens (tertiary/aromatic N) is 4. The van der Waals surface area contributed by atoms with E-state index in [0.29, 0.717) is 23.1 Å². The first-order valence-electron chi connectivity index (χ1n) is 18.6. The van der Waals surface area contributed by atoms with Crippen LogP contribution in [0.2, 0.25) is 0 Å². The number of ether oxygens (including phenoxy) is 1. The molecule has 3 fully saturated rings. The van der Waals surface area contributed by atoms with Crippen molar-refractivity contribution >= 4 is 27.5 Å². The number of terminal acetylenes is 1. The van der Waals surface area contributed by atoms with Crippen LogP contribution in [0.25, 0.3) is 32.8 Å². The van der Waals surface area contributed by atoms with Gasteiger partial charge in [-0.25, -0.2) is 8.78 Å². The van der Waals surface area contributed by atoms with Gasteiger partial charge in [0, 0.05) is 42.0 Å². The van der Waals surface area contributed by atoms with Gasteiger partial charge in [-0.05, 0) is 86.7 Å². The largest absolute Gasteiger partial charge is 0.461 e. The average Bonchev–Trinajstić information content (AvgIpc) is 3.74. The Morgan fingerprint density at radius 2 is 1.69 bits per heavy atom. The number of nitrogens with one attached hydrogen (secondary N) is 1. The second-order valence-electron chi connectivity index (χ2n) is 12.6. The first-order valence-corrected chi connectivity index (χ1v) is 18.6. The van der Waals surface area contributed by atoms with Gasteiger partial charge < -0.3 is 15.0 Å².